The van der Waals surface area contributed by atoms with Crippen molar-refractivity contribution in [1.29, 1.82) is 0 Å². The highest BCUT2D eigenvalue weighted by Crippen LogP contribution is 2.30. The first-order valence-electron chi connectivity index (χ1n) is 9.24. The maximum absolute atomic E-state index is 12.6. The molecule has 0 saturated carbocycles. The van der Waals surface area contributed by atoms with Crippen molar-refractivity contribution >= 4 is 23.1 Å². The minimum Gasteiger partial charge on any atom is -0.545 e. The molecule has 164 valence electrons. The van der Waals surface area contributed by atoms with Crippen LogP contribution >= 0.6 is 0 Å². The molecule has 0 aliphatic rings. The number of hydrogen-bond acceptors (Lipinski definition) is 5. The second-order valence-corrected chi connectivity index (χ2v) is 6.69. The van der Waals surface area contributed by atoms with Gasteiger partial charge in [-0.1, -0.05) is 12.1 Å². The summed E-state index contributed by atoms with van der Waals surface area (Å²) in [6, 6.07) is 13.6. The Kier molecular flexibility index (Phi) is 6.58. The van der Waals surface area contributed by atoms with Crippen LogP contribution < -0.4 is 15.2 Å². The Morgan fingerprint density at radius 2 is 1.59 bits per heavy atom. The van der Waals surface area contributed by atoms with Gasteiger partial charge in [-0.3, -0.25) is 4.79 Å². The standard InChI is InChI=1S/C23H17F3N2O4/c1-14(12-21(29)30)15-2-9-19(10-3-15)32-20-11-4-16(13-27-20)22(31)28-18-7-5-17(6-8-18)23(24,25)26/h2-13H,1H3,(H,28,31)(H,29,30)/p-1. The summed E-state index contributed by atoms with van der Waals surface area (Å²) in [5.74, 6) is -1.16. The lowest BCUT2D eigenvalue weighted by Crippen LogP contribution is -2.19. The second kappa shape index (κ2) is 9.34. The maximum atomic E-state index is 12.6. The Balaban J connectivity index is 1.62. The van der Waals surface area contributed by atoms with Crippen LogP contribution in [0, 0.1) is 0 Å². The molecule has 0 fully saturated rings. The number of nitrogens with one attached hydrogen (secondary N) is 1. The van der Waals surface area contributed by atoms with Gasteiger partial charge in [0.1, 0.15) is 5.75 Å². The number of pyridine rings is 1. The molecule has 0 saturated heterocycles. The van der Waals surface area contributed by atoms with Crippen molar-refractivity contribution in [2.75, 3.05) is 5.32 Å². The predicted octanol–water partition coefficient (Wildman–Crippen LogP) is 4.30. The summed E-state index contributed by atoms with van der Waals surface area (Å²) in [5, 5.41) is 13.1. The number of carboxylic acid groups (broad SMARTS) is 1. The van der Waals surface area contributed by atoms with Crippen LogP contribution in [0.1, 0.15) is 28.4 Å². The van der Waals surface area contributed by atoms with E-state index in [0.29, 0.717) is 16.9 Å². The molecular weight excluding hydrogens is 425 g/mol. The molecule has 0 atom stereocenters. The molecule has 0 aliphatic carbocycles. The number of nitrogens with zero attached hydrogens (tertiary/aromatic N) is 1. The summed E-state index contributed by atoms with van der Waals surface area (Å²) in [7, 11) is 0. The van der Waals surface area contributed by atoms with E-state index in [0.717, 1.165) is 18.2 Å². The topological polar surface area (TPSA) is 91.4 Å². The summed E-state index contributed by atoms with van der Waals surface area (Å²) < 4.78 is 43.4. The van der Waals surface area contributed by atoms with Crippen molar-refractivity contribution in [2.24, 2.45) is 0 Å². The van der Waals surface area contributed by atoms with E-state index in [9.17, 15) is 27.9 Å². The molecule has 9 heteroatoms. The fraction of sp³-hybridized carbons (Fsp3) is 0.0870. The summed E-state index contributed by atoms with van der Waals surface area (Å²) in [6.45, 7) is 1.64. The zero-order chi connectivity index (χ0) is 23.3. The smallest absolute Gasteiger partial charge is 0.416 e. The fourth-order valence-corrected chi connectivity index (χ4v) is 2.69. The predicted molar refractivity (Wildman–Crippen MR) is 109 cm³/mol. The van der Waals surface area contributed by atoms with E-state index < -0.39 is 23.6 Å². The third-order valence-corrected chi connectivity index (χ3v) is 4.34. The molecule has 6 nitrogen and oxygen atoms in total. The molecule has 1 N–H and O–H groups in total. The molecule has 0 unspecified atom stereocenters. The summed E-state index contributed by atoms with van der Waals surface area (Å²) in [5.41, 5.74) is 0.807. The monoisotopic (exact) mass is 441 g/mol. The molecule has 0 bridgehead atoms. The first-order valence-corrected chi connectivity index (χ1v) is 9.24. The zero-order valence-electron chi connectivity index (χ0n) is 16.6. The zero-order valence-corrected chi connectivity index (χ0v) is 16.6. The maximum Gasteiger partial charge on any atom is 0.416 e. The highest BCUT2D eigenvalue weighted by molar-refractivity contribution is 6.04. The Morgan fingerprint density at radius 1 is 0.969 bits per heavy atom. The highest BCUT2D eigenvalue weighted by atomic mass is 19.4. The van der Waals surface area contributed by atoms with E-state index >= 15 is 0 Å². The number of rotatable bonds is 6. The van der Waals surface area contributed by atoms with Gasteiger partial charge in [-0.15, -0.1) is 0 Å². The normalized spacial score (nSPS) is 11.7. The average molecular weight is 441 g/mol. The Labute approximate surface area is 181 Å². The molecule has 0 spiro atoms. The van der Waals surface area contributed by atoms with Gasteiger partial charge in [0.25, 0.3) is 5.91 Å². The Bertz CT molecular complexity index is 1140. The van der Waals surface area contributed by atoms with Crippen LogP contribution in [0.3, 0.4) is 0 Å². The van der Waals surface area contributed by atoms with Crippen molar-refractivity contribution < 1.29 is 32.6 Å². The molecule has 3 aromatic rings. The van der Waals surface area contributed by atoms with E-state index in [-0.39, 0.29) is 17.1 Å². The Hall–Kier alpha value is -4.14. The highest BCUT2D eigenvalue weighted by Gasteiger charge is 2.30. The number of carbonyl (C=O) groups excluding carboxylic acids is 2. The van der Waals surface area contributed by atoms with Crippen molar-refractivity contribution in [3.05, 3.63) is 89.6 Å². The van der Waals surface area contributed by atoms with Crippen molar-refractivity contribution in [3.63, 3.8) is 0 Å². The number of hydrogen-bond donors (Lipinski definition) is 1. The molecule has 32 heavy (non-hydrogen) atoms. The van der Waals surface area contributed by atoms with Crippen molar-refractivity contribution in [3.8, 4) is 11.6 Å². The quantitative estimate of drug-likeness (QED) is 0.576. The SMILES string of the molecule is CC(=CC(=O)[O-])c1ccc(Oc2ccc(C(=O)Nc3ccc(C(F)(F)F)cc3)cn2)cc1. The van der Waals surface area contributed by atoms with Gasteiger partial charge in [0, 0.05) is 18.0 Å². The van der Waals surface area contributed by atoms with Crippen LogP contribution in [0.2, 0.25) is 0 Å². The van der Waals surface area contributed by atoms with Gasteiger partial charge in [-0.25, -0.2) is 4.98 Å². The number of allylic oxidation sites excluding steroid dienone is 1. The van der Waals surface area contributed by atoms with Gasteiger partial charge in [0.15, 0.2) is 0 Å². The summed E-state index contributed by atoms with van der Waals surface area (Å²) in [6.07, 6.45) is -2.18. The molecule has 1 heterocycles. The van der Waals surface area contributed by atoms with Crippen LogP contribution in [0.5, 0.6) is 11.6 Å². The van der Waals surface area contributed by atoms with Crippen LogP contribution in [-0.4, -0.2) is 16.9 Å². The van der Waals surface area contributed by atoms with Crippen LogP contribution in [0.15, 0.2) is 72.9 Å². The van der Waals surface area contributed by atoms with Crippen LogP contribution in [0.25, 0.3) is 5.57 Å². The number of carbonyl (C=O) groups is 2. The van der Waals surface area contributed by atoms with Crippen molar-refractivity contribution in [1.82, 2.24) is 4.98 Å². The van der Waals surface area contributed by atoms with E-state index in [1.807, 2.05) is 0 Å². The van der Waals surface area contributed by atoms with Crippen LogP contribution in [0.4, 0.5) is 18.9 Å². The third-order valence-electron chi connectivity index (χ3n) is 4.34. The number of alkyl halides is 3. The van der Waals surface area contributed by atoms with E-state index in [1.165, 1.54) is 30.5 Å². The molecule has 0 radical (unpaired) electrons. The van der Waals surface area contributed by atoms with Crippen molar-refractivity contribution in [2.45, 2.75) is 13.1 Å². The van der Waals surface area contributed by atoms with E-state index in [4.69, 9.17) is 4.74 Å². The number of ether oxygens (including phenoxy) is 1. The lowest BCUT2D eigenvalue weighted by atomic mass is 10.1. The fourth-order valence-electron chi connectivity index (χ4n) is 2.69. The minimum absolute atomic E-state index is 0.190. The average Bonchev–Trinajstić information content (AvgIpc) is 2.74. The minimum atomic E-state index is -4.45. The van der Waals surface area contributed by atoms with E-state index in [2.05, 4.69) is 10.3 Å². The number of aromatic nitrogens is 1. The number of amides is 1. The summed E-state index contributed by atoms with van der Waals surface area (Å²) >= 11 is 0. The molecular formula is C23H16F3N2O4-. The number of carboxylic acids is 1. The summed E-state index contributed by atoms with van der Waals surface area (Å²) in [4.78, 5) is 27.0. The van der Waals surface area contributed by atoms with Gasteiger partial charge in [0.2, 0.25) is 5.88 Å². The molecule has 1 aromatic heterocycles. The lowest BCUT2D eigenvalue weighted by molar-refractivity contribution is -0.297. The van der Waals surface area contributed by atoms with E-state index in [1.54, 1.807) is 31.2 Å². The second-order valence-electron chi connectivity index (χ2n) is 6.69. The van der Waals surface area contributed by atoms with Gasteiger partial charge >= 0.3 is 6.18 Å². The van der Waals surface area contributed by atoms with Gasteiger partial charge in [0.05, 0.1) is 17.1 Å². The Morgan fingerprint density at radius 3 is 2.12 bits per heavy atom. The molecule has 2 aromatic carbocycles. The largest absolute Gasteiger partial charge is 0.545 e. The number of aliphatic carboxylic acids is 1. The molecule has 3 rings (SSSR count). The first kappa shape index (κ1) is 22.5. The lowest BCUT2D eigenvalue weighted by Gasteiger charge is -2.09. The number of anilines is 1. The molecule has 1 amide bonds. The van der Waals surface area contributed by atoms with Gasteiger partial charge in [-0.2, -0.15) is 13.2 Å². The molecule has 0 aliphatic heterocycles. The van der Waals surface area contributed by atoms with Gasteiger partial charge < -0.3 is 20.0 Å². The number of benzene rings is 2. The third kappa shape index (κ3) is 5.94. The number of halogens is 3. The van der Waals surface area contributed by atoms with Gasteiger partial charge in [-0.05, 0) is 66.6 Å². The van der Waals surface area contributed by atoms with Crippen LogP contribution in [-0.2, 0) is 11.0 Å². The first-order chi connectivity index (χ1) is 15.1.